The molecule has 2 aliphatic rings. The summed E-state index contributed by atoms with van der Waals surface area (Å²) in [5.74, 6) is 0.346. The average Bonchev–Trinajstić information content (AvgIpc) is 3.28. The van der Waals surface area contributed by atoms with E-state index in [1.54, 1.807) is 6.07 Å². The molecule has 0 bridgehead atoms. The molecule has 1 aliphatic carbocycles. The van der Waals surface area contributed by atoms with Gasteiger partial charge in [0.2, 0.25) is 5.91 Å². The molecule has 1 aliphatic heterocycles. The van der Waals surface area contributed by atoms with E-state index in [0.29, 0.717) is 29.4 Å². The maximum Gasteiger partial charge on any atom is 0.225 e. The van der Waals surface area contributed by atoms with E-state index in [2.05, 4.69) is 5.32 Å². The molecule has 1 amide bonds. The molecule has 114 valence electrons. The van der Waals surface area contributed by atoms with Gasteiger partial charge in [0, 0.05) is 36.6 Å². The summed E-state index contributed by atoms with van der Waals surface area (Å²) in [7, 11) is 0. The molecule has 0 radical (unpaired) electrons. The molecule has 3 nitrogen and oxygen atoms in total. The molecule has 3 rings (SSSR count). The van der Waals surface area contributed by atoms with Gasteiger partial charge in [0.05, 0.1) is 0 Å². The number of likely N-dealkylation sites (tertiary alicyclic amines) is 1. The molecule has 21 heavy (non-hydrogen) atoms. The Hall–Kier alpha value is -1.13. The fourth-order valence-corrected chi connectivity index (χ4v) is 3.11. The SMILES string of the molecule is O=C(C1CC1)N1CCC(NCc2cc(F)cc(Cl)c2)CC1. The minimum atomic E-state index is -0.302. The molecule has 0 unspecified atom stereocenters. The lowest BCUT2D eigenvalue weighted by Gasteiger charge is -2.32. The zero-order valence-corrected chi connectivity index (χ0v) is 12.7. The number of carbonyl (C=O) groups is 1. The standard InChI is InChI=1S/C16H20ClFN2O/c17-13-7-11(8-14(18)9-13)10-19-15-3-5-20(6-4-15)16(21)12-1-2-12/h7-9,12,15,19H,1-6,10H2. The average molecular weight is 311 g/mol. The third kappa shape index (κ3) is 3.95. The van der Waals surface area contributed by atoms with Crippen LogP contribution >= 0.6 is 11.6 Å². The van der Waals surface area contributed by atoms with Crippen molar-refractivity contribution in [2.24, 2.45) is 5.92 Å². The van der Waals surface area contributed by atoms with Gasteiger partial charge in [0.15, 0.2) is 0 Å². The highest BCUT2D eigenvalue weighted by molar-refractivity contribution is 6.30. The molecule has 1 saturated carbocycles. The number of nitrogens with zero attached hydrogens (tertiary/aromatic N) is 1. The van der Waals surface area contributed by atoms with E-state index < -0.39 is 0 Å². The molecule has 0 atom stereocenters. The molecule has 0 spiro atoms. The summed E-state index contributed by atoms with van der Waals surface area (Å²) in [4.78, 5) is 14.0. The van der Waals surface area contributed by atoms with E-state index in [-0.39, 0.29) is 5.82 Å². The first-order valence-corrected chi connectivity index (χ1v) is 7.97. The van der Waals surface area contributed by atoms with Crippen LogP contribution in [0.3, 0.4) is 0 Å². The zero-order valence-electron chi connectivity index (χ0n) is 11.9. The highest BCUT2D eigenvalue weighted by Gasteiger charge is 2.34. The summed E-state index contributed by atoms with van der Waals surface area (Å²) in [6.07, 6.45) is 4.05. The molecule has 0 aromatic heterocycles. The van der Waals surface area contributed by atoms with E-state index in [0.717, 1.165) is 44.3 Å². The fraction of sp³-hybridized carbons (Fsp3) is 0.562. The van der Waals surface area contributed by atoms with E-state index >= 15 is 0 Å². The van der Waals surface area contributed by atoms with Crippen molar-refractivity contribution in [3.8, 4) is 0 Å². The van der Waals surface area contributed by atoms with Gasteiger partial charge in [-0.3, -0.25) is 4.79 Å². The van der Waals surface area contributed by atoms with E-state index in [1.807, 2.05) is 4.90 Å². The Kier molecular flexibility index (Phi) is 4.45. The Morgan fingerprint density at radius 1 is 1.24 bits per heavy atom. The summed E-state index contributed by atoms with van der Waals surface area (Å²) in [6.45, 7) is 2.27. The van der Waals surface area contributed by atoms with Crippen molar-refractivity contribution in [3.05, 3.63) is 34.6 Å². The Balaban J connectivity index is 1.45. The maximum absolute atomic E-state index is 13.3. The lowest BCUT2D eigenvalue weighted by atomic mass is 10.0. The van der Waals surface area contributed by atoms with E-state index in [1.165, 1.54) is 12.1 Å². The van der Waals surface area contributed by atoms with Crippen molar-refractivity contribution < 1.29 is 9.18 Å². The summed E-state index contributed by atoms with van der Waals surface area (Å²) in [5, 5.41) is 3.86. The monoisotopic (exact) mass is 310 g/mol. The van der Waals surface area contributed by atoms with Crippen molar-refractivity contribution in [1.29, 1.82) is 0 Å². The lowest BCUT2D eigenvalue weighted by Crippen LogP contribution is -2.45. The van der Waals surface area contributed by atoms with Crippen LogP contribution in [0.4, 0.5) is 4.39 Å². The highest BCUT2D eigenvalue weighted by atomic mass is 35.5. The van der Waals surface area contributed by atoms with Crippen LogP contribution in [0, 0.1) is 11.7 Å². The molecule has 1 saturated heterocycles. The number of piperidine rings is 1. The van der Waals surface area contributed by atoms with Crippen molar-refractivity contribution in [3.63, 3.8) is 0 Å². The first kappa shape index (κ1) is 14.8. The lowest BCUT2D eigenvalue weighted by molar-refractivity contribution is -0.133. The Morgan fingerprint density at radius 3 is 2.57 bits per heavy atom. The number of benzene rings is 1. The number of nitrogens with one attached hydrogen (secondary N) is 1. The van der Waals surface area contributed by atoms with Crippen LogP contribution < -0.4 is 5.32 Å². The molecular weight excluding hydrogens is 291 g/mol. The molecule has 1 heterocycles. The maximum atomic E-state index is 13.3. The van der Waals surface area contributed by atoms with Gasteiger partial charge >= 0.3 is 0 Å². The first-order valence-electron chi connectivity index (χ1n) is 7.59. The molecule has 1 aromatic carbocycles. The van der Waals surface area contributed by atoms with Gasteiger partial charge in [0.25, 0.3) is 0 Å². The third-order valence-corrected chi connectivity index (χ3v) is 4.47. The van der Waals surface area contributed by atoms with Crippen molar-refractivity contribution >= 4 is 17.5 Å². The number of hydrogen-bond donors (Lipinski definition) is 1. The van der Waals surface area contributed by atoms with Gasteiger partial charge in [-0.05, 0) is 49.4 Å². The van der Waals surface area contributed by atoms with Gasteiger partial charge in [-0.15, -0.1) is 0 Å². The van der Waals surface area contributed by atoms with Crippen LogP contribution in [0.15, 0.2) is 18.2 Å². The van der Waals surface area contributed by atoms with Gasteiger partial charge in [-0.1, -0.05) is 11.6 Å². The summed E-state index contributed by atoms with van der Waals surface area (Å²) < 4.78 is 13.3. The van der Waals surface area contributed by atoms with Crippen LogP contribution in [0.5, 0.6) is 0 Å². The van der Waals surface area contributed by atoms with Crippen LogP contribution in [0.1, 0.15) is 31.2 Å². The van der Waals surface area contributed by atoms with Crippen molar-refractivity contribution in [2.45, 2.75) is 38.3 Å². The number of amides is 1. The van der Waals surface area contributed by atoms with Crippen molar-refractivity contribution in [1.82, 2.24) is 10.2 Å². The van der Waals surface area contributed by atoms with Gasteiger partial charge < -0.3 is 10.2 Å². The topological polar surface area (TPSA) is 32.3 Å². The van der Waals surface area contributed by atoms with Gasteiger partial charge in [-0.25, -0.2) is 4.39 Å². The molecule has 1 aromatic rings. The quantitative estimate of drug-likeness (QED) is 0.927. The number of hydrogen-bond acceptors (Lipinski definition) is 2. The summed E-state index contributed by atoms with van der Waals surface area (Å²) in [6, 6.07) is 4.98. The Bertz CT molecular complexity index is 505. The van der Waals surface area contributed by atoms with E-state index in [4.69, 9.17) is 11.6 Å². The normalized spacial score (nSPS) is 19.8. The highest BCUT2D eigenvalue weighted by Crippen LogP contribution is 2.31. The predicted molar refractivity (Wildman–Crippen MR) is 80.6 cm³/mol. The van der Waals surface area contributed by atoms with Crippen LogP contribution in [0.25, 0.3) is 0 Å². The Labute approximate surface area is 129 Å². The van der Waals surface area contributed by atoms with Crippen LogP contribution in [0.2, 0.25) is 5.02 Å². The second-order valence-electron chi connectivity index (χ2n) is 6.03. The number of carbonyl (C=O) groups excluding carboxylic acids is 1. The smallest absolute Gasteiger partial charge is 0.225 e. The second kappa shape index (κ2) is 6.32. The van der Waals surface area contributed by atoms with Crippen LogP contribution in [-0.2, 0) is 11.3 Å². The number of halogens is 2. The minimum Gasteiger partial charge on any atom is -0.342 e. The largest absolute Gasteiger partial charge is 0.342 e. The van der Waals surface area contributed by atoms with E-state index in [9.17, 15) is 9.18 Å². The second-order valence-corrected chi connectivity index (χ2v) is 6.47. The predicted octanol–water partition coefficient (Wildman–Crippen LogP) is 2.97. The molecule has 5 heteroatoms. The number of rotatable bonds is 4. The first-order chi connectivity index (χ1) is 10.1. The van der Waals surface area contributed by atoms with Gasteiger partial charge in [-0.2, -0.15) is 0 Å². The fourth-order valence-electron chi connectivity index (χ4n) is 2.87. The molecular formula is C16H20ClFN2O. The van der Waals surface area contributed by atoms with Crippen LogP contribution in [-0.4, -0.2) is 29.9 Å². The minimum absolute atomic E-state index is 0.302. The third-order valence-electron chi connectivity index (χ3n) is 4.25. The van der Waals surface area contributed by atoms with Gasteiger partial charge in [0.1, 0.15) is 5.82 Å². The van der Waals surface area contributed by atoms with Crippen molar-refractivity contribution in [2.75, 3.05) is 13.1 Å². The summed E-state index contributed by atoms with van der Waals surface area (Å²) in [5.41, 5.74) is 0.858. The summed E-state index contributed by atoms with van der Waals surface area (Å²) >= 11 is 5.85. The molecule has 2 fully saturated rings. The zero-order chi connectivity index (χ0) is 14.8. The Morgan fingerprint density at radius 2 is 1.95 bits per heavy atom. The molecule has 1 N–H and O–H groups in total.